The number of nitrogens with zero attached hydrogens (tertiary/aromatic N) is 3. The predicted molar refractivity (Wildman–Crippen MR) is 72.0 cm³/mol. The third-order valence-electron chi connectivity index (χ3n) is 3.44. The van der Waals surface area contributed by atoms with Gasteiger partial charge in [-0.1, -0.05) is 5.21 Å². The summed E-state index contributed by atoms with van der Waals surface area (Å²) in [6.45, 7) is 0.676. The lowest BCUT2D eigenvalue weighted by molar-refractivity contribution is -0.219. The SMILES string of the molecule is COC(=O)c1cn([C@@H]2O[C@H](CO)[C@@H](O)[C@H](O)[C@H]2NC(C)=O)nn1. The van der Waals surface area contributed by atoms with Gasteiger partial charge in [0.15, 0.2) is 11.9 Å². The van der Waals surface area contributed by atoms with Gasteiger partial charge in [0, 0.05) is 6.92 Å². The molecule has 0 spiro atoms. The second-order valence-corrected chi connectivity index (χ2v) is 5.03. The van der Waals surface area contributed by atoms with Crippen molar-refractivity contribution in [1.82, 2.24) is 20.3 Å². The first-order valence-corrected chi connectivity index (χ1v) is 6.78. The topological polar surface area (TPSA) is 156 Å². The lowest BCUT2D eigenvalue weighted by atomic mass is 9.96. The zero-order chi connectivity index (χ0) is 17.1. The van der Waals surface area contributed by atoms with Crippen molar-refractivity contribution in [3.05, 3.63) is 11.9 Å². The lowest BCUT2D eigenvalue weighted by Gasteiger charge is -2.42. The van der Waals surface area contributed by atoms with Crippen molar-refractivity contribution in [2.45, 2.75) is 37.5 Å². The van der Waals surface area contributed by atoms with Crippen LogP contribution in [0.4, 0.5) is 0 Å². The highest BCUT2D eigenvalue weighted by atomic mass is 16.5. The van der Waals surface area contributed by atoms with E-state index < -0.39 is 49.1 Å². The fourth-order valence-electron chi connectivity index (χ4n) is 2.31. The third kappa shape index (κ3) is 3.47. The average molecular weight is 330 g/mol. The van der Waals surface area contributed by atoms with Gasteiger partial charge >= 0.3 is 5.97 Å². The van der Waals surface area contributed by atoms with Crippen molar-refractivity contribution in [3.8, 4) is 0 Å². The summed E-state index contributed by atoms with van der Waals surface area (Å²) in [7, 11) is 1.18. The van der Waals surface area contributed by atoms with Gasteiger partial charge in [-0.3, -0.25) is 4.79 Å². The van der Waals surface area contributed by atoms with E-state index in [-0.39, 0.29) is 5.69 Å². The molecule has 1 amide bonds. The van der Waals surface area contributed by atoms with E-state index in [0.717, 1.165) is 4.68 Å². The van der Waals surface area contributed by atoms with Gasteiger partial charge in [-0.15, -0.1) is 5.10 Å². The molecule has 0 saturated carbocycles. The van der Waals surface area contributed by atoms with Gasteiger partial charge in [0.2, 0.25) is 5.91 Å². The van der Waals surface area contributed by atoms with Crippen LogP contribution in [0.25, 0.3) is 0 Å². The number of carbonyl (C=O) groups excluding carboxylic acids is 2. The average Bonchev–Trinajstić information content (AvgIpc) is 3.00. The van der Waals surface area contributed by atoms with E-state index >= 15 is 0 Å². The molecule has 0 unspecified atom stereocenters. The maximum Gasteiger partial charge on any atom is 0.360 e. The summed E-state index contributed by atoms with van der Waals surface area (Å²) in [5.41, 5.74) is -0.0983. The van der Waals surface area contributed by atoms with E-state index in [0.29, 0.717) is 0 Å². The van der Waals surface area contributed by atoms with E-state index in [2.05, 4.69) is 20.4 Å². The van der Waals surface area contributed by atoms with Gasteiger partial charge in [0.25, 0.3) is 0 Å². The smallest absolute Gasteiger partial charge is 0.360 e. The van der Waals surface area contributed by atoms with Gasteiger partial charge < -0.3 is 30.1 Å². The summed E-state index contributed by atoms with van der Waals surface area (Å²) in [5, 5.41) is 39.1. The van der Waals surface area contributed by atoms with Gasteiger partial charge in [-0.2, -0.15) is 0 Å². The van der Waals surface area contributed by atoms with Crippen molar-refractivity contribution in [1.29, 1.82) is 0 Å². The molecule has 0 bridgehead atoms. The fraction of sp³-hybridized carbons (Fsp3) is 0.667. The molecule has 1 aromatic rings. The first kappa shape index (κ1) is 17.3. The van der Waals surface area contributed by atoms with Gasteiger partial charge in [-0.25, -0.2) is 9.48 Å². The Morgan fingerprint density at radius 2 is 2.13 bits per heavy atom. The molecule has 0 aromatic carbocycles. The first-order chi connectivity index (χ1) is 10.9. The van der Waals surface area contributed by atoms with Crippen LogP contribution in [0.1, 0.15) is 23.6 Å². The number of aliphatic hydroxyl groups excluding tert-OH is 3. The number of rotatable bonds is 4. The fourth-order valence-corrected chi connectivity index (χ4v) is 2.31. The highest BCUT2D eigenvalue weighted by Gasteiger charge is 2.46. The summed E-state index contributed by atoms with van der Waals surface area (Å²) in [6.07, 6.45) is -3.78. The minimum Gasteiger partial charge on any atom is -0.464 e. The van der Waals surface area contributed by atoms with Crippen molar-refractivity contribution < 1.29 is 34.4 Å². The monoisotopic (exact) mass is 330 g/mol. The van der Waals surface area contributed by atoms with E-state index in [1.807, 2.05) is 0 Å². The Kier molecular flexibility index (Phi) is 5.26. The number of nitrogens with one attached hydrogen (secondary N) is 1. The normalized spacial score (nSPS) is 30.7. The highest BCUT2D eigenvalue weighted by Crippen LogP contribution is 2.28. The number of aromatic nitrogens is 3. The molecule has 1 aliphatic heterocycles. The number of methoxy groups -OCH3 is 1. The van der Waals surface area contributed by atoms with E-state index in [9.17, 15) is 24.9 Å². The molecule has 2 heterocycles. The Balaban J connectivity index is 2.32. The Bertz CT molecular complexity index is 578. The molecular weight excluding hydrogens is 312 g/mol. The number of carbonyl (C=O) groups is 2. The second-order valence-electron chi connectivity index (χ2n) is 5.03. The van der Waals surface area contributed by atoms with Crippen LogP contribution in [0.5, 0.6) is 0 Å². The van der Waals surface area contributed by atoms with Gasteiger partial charge in [-0.05, 0) is 0 Å². The Morgan fingerprint density at radius 3 is 2.70 bits per heavy atom. The molecule has 1 fully saturated rings. The predicted octanol–water partition coefficient (Wildman–Crippen LogP) is -2.82. The molecule has 0 radical (unpaired) electrons. The molecule has 23 heavy (non-hydrogen) atoms. The summed E-state index contributed by atoms with van der Waals surface area (Å²) < 4.78 is 11.1. The van der Waals surface area contributed by atoms with Crippen LogP contribution in [0.3, 0.4) is 0 Å². The highest BCUT2D eigenvalue weighted by molar-refractivity contribution is 5.86. The van der Waals surface area contributed by atoms with E-state index in [1.54, 1.807) is 0 Å². The molecule has 11 nitrogen and oxygen atoms in total. The molecule has 2 rings (SSSR count). The molecule has 1 saturated heterocycles. The molecular formula is C12H18N4O7. The Hall–Kier alpha value is -2.08. The number of hydrogen-bond acceptors (Lipinski definition) is 9. The van der Waals surface area contributed by atoms with Crippen LogP contribution >= 0.6 is 0 Å². The molecule has 11 heteroatoms. The van der Waals surface area contributed by atoms with Crippen LogP contribution in [0.15, 0.2) is 6.20 Å². The van der Waals surface area contributed by atoms with Gasteiger partial charge in [0.05, 0.1) is 19.9 Å². The Morgan fingerprint density at radius 1 is 1.43 bits per heavy atom. The molecule has 1 aliphatic rings. The molecule has 0 aliphatic carbocycles. The standard InChI is InChI=1S/C12H18N4O7/c1-5(18)13-8-10(20)9(19)7(4-17)23-11(8)16-3-6(14-15-16)12(21)22-2/h3,7-11,17,19-20H,4H2,1-2H3,(H,13,18)/t7-,8-,9-,10-,11-/m1/s1. The summed E-state index contributed by atoms with van der Waals surface area (Å²) in [6, 6.07) is -1.06. The number of ether oxygens (including phenoxy) is 2. The molecule has 128 valence electrons. The third-order valence-corrected chi connectivity index (χ3v) is 3.44. The van der Waals surface area contributed by atoms with Crippen molar-refractivity contribution in [2.24, 2.45) is 0 Å². The van der Waals surface area contributed by atoms with Crippen molar-refractivity contribution in [2.75, 3.05) is 13.7 Å². The molecule has 1 aromatic heterocycles. The summed E-state index contributed by atoms with van der Waals surface area (Å²) >= 11 is 0. The minimum absolute atomic E-state index is 0.0983. The summed E-state index contributed by atoms with van der Waals surface area (Å²) in [5.74, 6) is -1.19. The maximum atomic E-state index is 11.4. The lowest BCUT2D eigenvalue weighted by Crippen LogP contribution is -2.62. The van der Waals surface area contributed by atoms with Crippen LogP contribution < -0.4 is 5.32 Å². The zero-order valence-electron chi connectivity index (χ0n) is 12.5. The van der Waals surface area contributed by atoms with Crippen LogP contribution in [0, 0.1) is 0 Å². The quantitative estimate of drug-likeness (QED) is 0.428. The van der Waals surface area contributed by atoms with Crippen LogP contribution in [0.2, 0.25) is 0 Å². The largest absolute Gasteiger partial charge is 0.464 e. The molecule has 5 atom stereocenters. The van der Waals surface area contributed by atoms with Crippen molar-refractivity contribution >= 4 is 11.9 Å². The van der Waals surface area contributed by atoms with Crippen LogP contribution in [-0.2, 0) is 14.3 Å². The number of hydrogen-bond donors (Lipinski definition) is 4. The number of amides is 1. The maximum absolute atomic E-state index is 11.4. The van der Waals surface area contributed by atoms with Crippen molar-refractivity contribution in [3.63, 3.8) is 0 Å². The van der Waals surface area contributed by atoms with Gasteiger partial charge in [0.1, 0.15) is 24.4 Å². The first-order valence-electron chi connectivity index (χ1n) is 6.78. The summed E-state index contributed by atoms with van der Waals surface area (Å²) in [4.78, 5) is 22.8. The minimum atomic E-state index is -1.42. The Labute approximate surface area is 130 Å². The van der Waals surface area contributed by atoms with E-state index in [4.69, 9.17) is 4.74 Å². The molecule has 4 N–H and O–H groups in total. The number of esters is 1. The zero-order valence-corrected chi connectivity index (χ0v) is 12.5. The number of aliphatic hydroxyl groups is 3. The van der Waals surface area contributed by atoms with Crippen LogP contribution in [-0.4, -0.2) is 80.3 Å². The van der Waals surface area contributed by atoms with E-state index in [1.165, 1.54) is 20.2 Å². The second kappa shape index (κ2) is 7.00.